The summed E-state index contributed by atoms with van der Waals surface area (Å²) in [7, 11) is 0. The van der Waals surface area contributed by atoms with Crippen LogP contribution in [-0.2, 0) is 4.79 Å². The average molecular weight is 246 g/mol. The summed E-state index contributed by atoms with van der Waals surface area (Å²) in [6.45, 7) is 1.85. The van der Waals surface area contributed by atoms with Gasteiger partial charge in [-0.1, -0.05) is 6.07 Å². The highest BCUT2D eigenvalue weighted by Gasteiger charge is 2.18. The minimum absolute atomic E-state index is 0.259. The highest BCUT2D eigenvalue weighted by molar-refractivity contribution is 6.07. The molecule has 0 fully saturated rings. The predicted molar refractivity (Wildman–Crippen MR) is 67.5 cm³/mol. The van der Waals surface area contributed by atoms with Gasteiger partial charge in [0.2, 0.25) is 0 Å². The van der Waals surface area contributed by atoms with E-state index in [0.29, 0.717) is 12.1 Å². The number of amides is 1. The van der Waals surface area contributed by atoms with Gasteiger partial charge in [0.1, 0.15) is 6.54 Å². The van der Waals surface area contributed by atoms with Crippen LogP contribution in [0.3, 0.4) is 0 Å². The first kappa shape index (κ1) is 12.2. The number of rotatable bonds is 4. The number of carboxylic acids is 1. The summed E-state index contributed by atoms with van der Waals surface area (Å²) in [6, 6.07) is 7.18. The van der Waals surface area contributed by atoms with Crippen molar-refractivity contribution >= 4 is 22.8 Å². The average Bonchev–Trinajstić information content (AvgIpc) is 2.82. The summed E-state index contributed by atoms with van der Waals surface area (Å²) in [6.07, 6.45) is 1.76. The number of aromatic nitrogens is 1. The Morgan fingerprint density at radius 2 is 2.11 bits per heavy atom. The van der Waals surface area contributed by atoms with E-state index in [1.54, 1.807) is 25.3 Å². The Morgan fingerprint density at radius 1 is 1.33 bits per heavy atom. The van der Waals surface area contributed by atoms with Crippen LogP contribution in [0.4, 0.5) is 0 Å². The second-order valence-electron chi connectivity index (χ2n) is 3.96. The van der Waals surface area contributed by atoms with Crippen molar-refractivity contribution in [2.75, 3.05) is 13.1 Å². The van der Waals surface area contributed by atoms with Gasteiger partial charge in [0.15, 0.2) is 0 Å². The van der Waals surface area contributed by atoms with Crippen LogP contribution in [0.1, 0.15) is 17.3 Å². The van der Waals surface area contributed by atoms with Gasteiger partial charge < -0.3 is 15.0 Å². The van der Waals surface area contributed by atoms with Gasteiger partial charge in [-0.15, -0.1) is 0 Å². The molecule has 94 valence electrons. The number of nitrogens with one attached hydrogen (secondary N) is 1. The molecule has 5 nitrogen and oxygen atoms in total. The number of H-pyrrole nitrogens is 1. The van der Waals surface area contributed by atoms with E-state index in [2.05, 4.69) is 4.98 Å². The number of hydrogen-bond donors (Lipinski definition) is 2. The van der Waals surface area contributed by atoms with Crippen molar-refractivity contribution in [3.63, 3.8) is 0 Å². The zero-order valence-corrected chi connectivity index (χ0v) is 10.0. The summed E-state index contributed by atoms with van der Waals surface area (Å²) in [5.41, 5.74) is 1.39. The third-order valence-electron chi connectivity index (χ3n) is 2.82. The largest absolute Gasteiger partial charge is 0.480 e. The third-order valence-corrected chi connectivity index (χ3v) is 2.82. The third kappa shape index (κ3) is 2.20. The number of carboxylic acid groups (broad SMARTS) is 1. The molecule has 0 aliphatic rings. The van der Waals surface area contributed by atoms with E-state index in [0.717, 1.165) is 10.9 Å². The number of aromatic amines is 1. The summed E-state index contributed by atoms with van der Waals surface area (Å²) < 4.78 is 0. The summed E-state index contributed by atoms with van der Waals surface area (Å²) in [5, 5.41) is 9.60. The van der Waals surface area contributed by atoms with Gasteiger partial charge in [0.25, 0.3) is 5.91 Å². The summed E-state index contributed by atoms with van der Waals surface area (Å²) in [5.74, 6) is -1.27. The van der Waals surface area contributed by atoms with Gasteiger partial charge in [0, 0.05) is 29.2 Å². The number of benzene rings is 1. The maximum Gasteiger partial charge on any atom is 0.323 e. The molecule has 0 unspecified atom stereocenters. The molecular weight excluding hydrogens is 232 g/mol. The minimum Gasteiger partial charge on any atom is -0.480 e. The van der Waals surface area contributed by atoms with Gasteiger partial charge in [-0.3, -0.25) is 9.59 Å². The van der Waals surface area contributed by atoms with E-state index < -0.39 is 5.97 Å². The van der Waals surface area contributed by atoms with Crippen LogP contribution in [0.25, 0.3) is 10.9 Å². The predicted octanol–water partition coefficient (Wildman–Crippen LogP) is 1.71. The summed E-state index contributed by atoms with van der Waals surface area (Å²) >= 11 is 0. The second-order valence-corrected chi connectivity index (χ2v) is 3.96. The monoisotopic (exact) mass is 246 g/mol. The Hall–Kier alpha value is -2.30. The van der Waals surface area contributed by atoms with E-state index in [4.69, 9.17) is 5.11 Å². The molecule has 1 amide bonds. The lowest BCUT2D eigenvalue weighted by Crippen LogP contribution is -2.35. The van der Waals surface area contributed by atoms with Crippen LogP contribution in [0, 0.1) is 0 Å². The quantitative estimate of drug-likeness (QED) is 0.862. The Morgan fingerprint density at radius 3 is 2.78 bits per heavy atom. The number of hydrogen-bond acceptors (Lipinski definition) is 2. The second kappa shape index (κ2) is 4.91. The van der Waals surface area contributed by atoms with E-state index in [1.807, 2.05) is 12.1 Å². The standard InChI is InChI=1S/C13H14N2O3/c1-2-15(8-12(16)17)13(18)10-4-3-5-11-9(10)6-7-14-11/h3-7,14H,2,8H2,1H3,(H,16,17). The number of carbonyl (C=O) groups excluding carboxylic acids is 1. The van der Waals surface area contributed by atoms with Crippen LogP contribution in [0.15, 0.2) is 30.5 Å². The maximum atomic E-state index is 12.3. The number of nitrogens with zero attached hydrogens (tertiary/aromatic N) is 1. The van der Waals surface area contributed by atoms with Gasteiger partial charge in [-0.2, -0.15) is 0 Å². The molecule has 0 radical (unpaired) electrons. The van der Waals surface area contributed by atoms with E-state index >= 15 is 0 Å². The van der Waals surface area contributed by atoms with Crippen molar-refractivity contribution in [3.05, 3.63) is 36.0 Å². The first-order chi connectivity index (χ1) is 8.63. The van der Waals surface area contributed by atoms with Crippen LogP contribution in [0.2, 0.25) is 0 Å². The summed E-state index contributed by atoms with van der Waals surface area (Å²) in [4.78, 5) is 27.3. The normalized spacial score (nSPS) is 10.5. The Bertz CT molecular complexity index is 589. The first-order valence-corrected chi connectivity index (χ1v) is 5.70. The lowest BCUT2D eigenvalue weighted by molar-refractivity contribution is -0.137. The molecule has 1 aromatic heterocycles. The molecule has 2 N–H and O–H groups in total. The molecule has 1 heterocycles. The van der Waals surface area contributed by atoms with E-state index in [1.165, 1.54) is 4.90 Å². The van der Waals surface area contributed by atoms with Crippen molar-refractivity contribution in [2.45, 2.75) is 6.92 Å². The van der Waals surface area contributed by atoms with Crippen molar-refractivity contribution in [3.8, 4) is 0 Å². The number of likely N-dealkylation sites (N-methyl/N-ethyl adjacent to an activating group) is 1. The molecule has 0 saturated heterocycles. The minimum atomic E-state index is -1.01. The number of carbonyl (C=O) groups is 2. The van der Waals surface area contributed by atoms with Crippen molar-refractivity contribution in [1.82, 2.24) is 9.88 Å². The number of aliphatic carboxylic acids is 1. The van der Waals surface area contributed by atoms with Crippen molar-refractivity contribution in [1.29, 1.82) is 0 Å². The molecule has 0 saturated carbocycles. The molecule has 2 aromatic rings. The molecule has 2 rings (SSSR count). The molecule has 0 atom stereocenters. The zero-order valence-electron chi connectivity index (χ0n) is 10.0. The van der Waals surface area contributed by atoms with Crippen LogP contribution in [0.5, 0.6) is 0 Å². The molecule has 18 heavy (non-hydrogen) atoms. The fraction of sp³-hybridized carbons (Fsp3) is 0.231. The maximum absolute atomic E-state index is 12.3. The molecule has 0 aliphatic heterocycles. The Kier molecular flexibility index (Phi) is 3.32. The Labute approximate surface area is 104 Å². The molecule has 0 spiro atoms. The van der Waals surface area contributed by atoms with Gasteiger partial charge in [-0.05, 0) is 25.1 Å². The molecule has 0 bridgehead atoms. The van der Waals surface area contributed by atoms with E-state index in [9.17, 15) is 9.59 Å². The van der Waals surface area contributed by atoms with Gasteiger partial charge in [-0.25, -0.2) is 0 Å². The van der Waals surface area contributed by atoms with E-state index in [-0.39, 0.29) is 12.5 Å². The Balaban J connectivity index is 2.37. The fourth-order valence-electron chi connectivity index (χ4n) is 1.93. The molecule has 0 aliphatic carbocycles. The molecular formula is C13H14N2O3. The van der Waals surface area contributed by atoms with Crippen LogP contribution >= 0.6 is 0 Å². The highest BCUT2D eigenvalue weighted by Crippen LogP contribution is 2.18. The smallest absolute Gasteiger partial charge is 0.323 e. The van der Waals surface area contributed by atoms with Gasteiger partial charge >= 0.3 is 5.97 Å². The van der Waals surface area contributed by atoms with Crippen molar-refractivity contribution < 1.29 is 14.7 Å². The lowest BCUT2D eigenvalue weighted by atomic mass is 10.1. The highest BCUT2D eigenvalue weighted by atomic mass is 16.4. The fourth-order valence-corrected chi connectivity index (χ4v) is 1.93. The zero-order chi connectivity index (χ0) is 13.1. The first-order valence-electron chi connectivity index (χ1n) is 5.70. The van der Waals surface area contributed by atoms with Crippen LogP contribution < -0.4 is 0 Å². The lowest BCUT2D eigenvalue weighted by Gasteiger charge is -2.18. The molecule has 1 aromatic carbocycles. The number of fused-ring (bicyclic) bond motifs is 1. The topological polar surface area (TPSA) is 73.4 Å². The van der Waals surface area contributed by atoms with Crippen molar-refractivity contribution in [2.24, 2.45) is 0 Å². The van der Waals surface area contributed by atoms with Gasteiger partial charge in [0.05, 0.1) is 0 Å². The molecule has 5 heteroatoms. The SMILES string of the molecule is CCN(CC(=O)O)C(=O)c1cccc2[nH]ccc12. The van der Waals surface area contributed by atoms with Crippen LogP contribution in [-0.4, -0.2) is 40.0 Å².